The summed E-state index contributed by atoms with van der Waals surface area (Å²) in [5.74, 6) is -0.125. The Morgan fingerprint density at radius 2 is 1.47 bits per heavy atom. The van der Waals surface area contributed by atoms with E-state index in [-0.39, 0.29) is 23.8 Å². The van der Waals surface area contributed by atoms with Crippen LogP contribution in [0.25, 0.3) is 6.08 Å². The Hall–Kier alpha value is -3.48. The van der Waals surface area contributed by atoms with Crippen molar-refractivity contribution in [2.45, 2.75) is 31.7 Å². The average molecular weight is 474 g/mol. The molecule has 0 radical (unpaired) electrons. The Morgan fingerprint density at radius 3 is 2.12 bits per heavy atom. The minimum Gasteiger partial charge on any atom is -0.304 e. The van der Waals surface area contributed by atoms with Crippen LogP contribution >= 0.6 is 0 Å². The molecule has 0 unspecified atom stereocenters. The maximum Gasteiger partial charge on any atom is 0.296 e. The Bertz CT molecular complexity index is 1330. The summed E-state index contributed by atoms with van der Waals surface area (Å²) in [7, 11) is -3.89. The molecule has 0 N–H and O–H groups in total. The maximum absolute atomic E-state index is 13.4. The lowest BCUT2D eigenvalue weighted by Crippen LogP contribution is -2.25. The summed E-state index contributed by atoms with van der Waals surface area (Å²) in [5.41, 5.74) is 5.19. The number of benzene rings is 3. The van der Waals surface area contributed by atoms with Gasteiger partial charge in [0.25, 0.3) is 16.0 Å². The van der Waals surface area contributed by atoms with E-state index in [1.54, 1.807) is 17.0 Å². The van der Waals surface area contributed by atoms with Crippen molar-refractivity contribution in [1.82, 2.24) is 4.90 Å². The van der Waals surface area contributed by atoms with Crippen LogP contribution in [0.4, 0.5) is 0 Å². The van der Waals surface area contributed by atoms with Gasteiger partial charge in [0.05, 0.1) is 18.0 Å². The quantitative estimate of drug-likeness (QED) is 0.406. The van der Waals surface area contributed by atoms with Crippen molar-refractivity contribution in [1.29, 1.82) is 0 Å². The largest absolute Gasteiger partial charge is 0.304 e. The molecule has 0 aromatic heterocycles. The van der Waals surface area contributed by atoms with E-state index in [9.17, 15) is 13.2 Å². The van der Waals surface area contributed by atoms with Crippen LogP contribution in [0.15, 0.2) is 107 Å². The van der Waals surface area contributed by atoms with E-state index in [2.05, 4.69) is 0 Å². The number of amides is 1. The van der Waals surface area contributed by atoms with Crippen molar-refractivity contribution >= 4 is 22.1 Å². The number of hydrogen-bond donors (Lipinski definition) is 0. The SMILES string of the molecule is CC1=C(CCOS(=O)(=O)c2ccc(C)cc2)C(=O)N(Cc2ccccc2)/C1=C/c1ccccc1. The summed E-state index contributed by atoms with van der Waals surface area (Å²) in [6.45, 7) is 4.12. The number of nitrogens with zero attached hydrogens (tertiary/aromatic N) is 1. The third kappa shape index (κ3) is 5.35. The Kier molecular flexibility index (Phi) is 7.10. The summed E-state index contributed by atoms with van der Waals surface area (Å²) in [5, 5.41) is 0. The maximum atomic E-state index is 13.4. The van der Waals surface area contributed by atoms with Gasteiger partial charge in [0.15, 0.2) is 0 Å². The number of allylic oxidation sites excluding steroid dienone is 1. The van der Waals surface area contributed by atoms with Crippen molar-refractivity contribution in [3.05, 3.63) is 118 Å². The second-order valence-electron chi connectivity index (χ2n) is 8.26. The highest BCUT2D eigenvalue weighted by Crippen LogP contribution is 2.34. The van der Waals surface area contributed by atoms with Crippen molar-refractivity contribution < 1.29 is 17.4 Å². The molecule has 0 aliphatic carbocycles. The molecule has 5 nitrogen and oxygen atoms in total. The van der Waals surface area contributed by atoms with Crippen molar-refractivity contribution in [3.8, 4) is 0 Å². The molecule has 1 aliphatic heterocycles. The molecule has 0 bridgehead atoms. The number of rotatable bonds is 8. The molecule has 34 heavy (non-hydrogen) atoms. The average Bonchev–Trinajstić information content (AvgIpc) is 3.05. The van der Waals surface area contributed by atoms with Crippen LogP contribution < -0.4 is 0 Å². The molecule has 1 aliphatic rings. The minimum atomic E-state index is -3.89. The van der Waals surface area contributed by atoms with E-state index in [0.717, 1.165) is 28.0 Å². The van der Waals surface area contributed by atoms with E-state index in [0.29, 0.717) is 12.1 Å². The van der Waals surface area contributed by atoms with Gasteiger partial charge < -0.3 is 4.90 Å². The van der Waals surface area contributed by atoms with Crippen LogP contribution in [-0.4, -0.2) is 25.8 Å². The highest BCUT2D eigenvalue weighted by Gasteiger charge is 2.32. The summed E-state index contributed by atoms with van der Waals surface area (Å²) < 4.78 is 30.4. The molecule has 1 heterocycles. The predicted molar refractivity (Wildman–Crippen MR) is 133 cm³/mol. The molecule has 4 rings (SSSR count). The van der Waals surface area contributed by atoms with E-state index in [4.69, 9.17) is 4.18 Å². The van der Waals surface area contributed by atoms with Gasteiger partial charge in [-0.3, -0.25) is 8.98 Å². The van der Waals surface area contributed by atoms with E-state index >= 15 is 0 Å². The van der Waals surface area contributed by atoms with Gasteiger partial charge in [0.2, 0.25) is 0 Å². The molecule has 0 saturated carbocycles. The predicted octanol–water partition coefficient (Wildman–Crippen LogP) is 5.49. The highest BCUT2D eigenvalue weighted by molar-refractivity contribution is 7.86. The van der Waals surface area contributed by atoms with Gasteiger partial charge in [-0.2, -0.15) is 8.42 Å². The fourth-order valence-corrected chi connectivity index (χ4v) is 4.84. The van der Waals surface area contributed by atoms with E-state index in [1.807, 2.05) is 80.6 Å². The number of carbonyl (C=O) groups excluding carboxylic acids is 1. The summed E-state index contributed by atoms with van der Waals surface area (Å²) >= 11 is 0. The van der Waals surface area contributed by atoms with Crippen molar-refractivity contribution in [2.24, 2.45) is 0 Å². The van der Waals surface area contributed by atoms with Crippen LogP contribution in [0.5, 0.6) is 0 Å². The summed E-state index contributed by atoms with van der Waals surface area (Å²) in [6, 6.07) is 26.1. The second kappa shape index (κ2) is 10.2. The van der Waals surface area contributed by atoms with Gasteiger partial charge >= 0.3 is 0 Å². The Balaban J connectivity index is 1.56. The summed E-state index contributed by atoms with van der Waals surface area (Å²) in [6.07, 6.45) is 2.19. The van der Waals surface area contributed by atoms with Gasteiger partial charge in [-0.25, -0.2) is 0 Å². The lowest BCUT2D eigenvalue weighted by Gasteiger charge is -2.20. The van der Waals surface area contributed by atoms with Crippen LogP contribution in [0.1, 0.15) is 30.0 Å². The zero-order valence-electron chi connectivity index (χ0n) is 19.3. The first kappa shape index (κ1) is 23.7. The van der Waals surface area contributed by atoms with Gasteiger partial charge in [-0.1, -0.05) is 78.4 Å². The number of hydrogen-bond acceptors (Lipinski definition) is 4. The fourth-order valence-electron chi connectivity index (χ4n) is 3.93. The highest BCUT2D eigenvalue weighted by atomic mass is 32.2. The first-order valence-electron chi connectivity index (χ1n) is 11.1. The zero-order valence-corrected chi connectivity index (χ0v) is 20.1. The minimum absolute atomic E-state index is 0.105. The molecule has 0 fully saturated rings. The monoisotopic (exact) mass is 473 g/mol. The Labute approximate surface area is 201 Å². The van der Waals surface area contributed by atoms with Crippen LogP contribution in [0.3, 0.4) is 0 Å². The third-order valence-corrected chi connectivity index (χ3v) is 7.14. The molecular formula is C28H27NO4S. The number of aryl methyl sites for hydroxylation is 1. The molecule has 1 amide bonds. The first-order valence-corrected chi connectivity index (χ1v) is 12.5. The van der Waals surface area contributed by atoms with Crippen molar-refractivity contribution in [3.63, 3.8) is 0 Å². The van der Waals surface area contributed by atoms with E-state index in [1.165, 1.54) is 12.1 Å². The van der Waals surface area contributed by atoms with Crippen LogP contribution in [-0.2, 0) is 25.6 Å². The topological polar surface area (TPSA) is 63.7 Å². The molecule has 6 heteroatoms. The standard InChI is InChI=1S/C28H27NO4S/c1-21-13-15-25(16-14-21)34(31,32)33-18-17-26-22(2)27(19-23-9-5-3-6-10-23)29(28(26)30)20-24-11-7-4-8-12-24/h3-16,19H,17-18,20H2,1-2H3/b27-19+. The van der Waals surface area contributed by atoms with Gasteiger partial charge in [-0.05, 0) is 48.8 Å². The Morgan fingerprint density at radius 1 is 0.853 bits per heavy atom. The molecule has 3 aromatic carbocycles. The number of carbonyl (C=O) groups is 1. The molecular weight excluding hydrogens is 446 g/mol. The van der Waals surface area contributed by atoms with Crippen LogP contribution in [0, 0.1) is 6.92 Å². The summed E-state index contributed by atoms with van der Waals surface area (Å²) in [4.78, 5) is 15.3. The normalized spacial score (nSPS) is 15.4. The molecule has 0 saturated heterocycles. The van der Waals surface area contributed by atoms with Crippen LogP contribution in [0.2, 0.25) is 0 Å². The fraction of sp³-hybridized carbons (Fsp3) is 0.179. The second-order valence-corrected chi connectivity index (χ2v) is 9.88. The molecule has 174 valence electrons. The van der Waals surface area contributed by atoms with Gasteiger partial charge in [0, 0.05) is 17.7 Å². The zero-order chi connectivity index (χ0) is 24.1. The molecule has 0 spiro atoms. The van der Waals surface area contributed by atoms with Gasteiger partial charge in [-0.15, -0.1) is 0 Å². The van der Waals surface area contributed by atoms with Gasteiger partial charge in [0.1, 0.15) is 0 Å². The smallest absolute Gasteiger partial charge is 0.296 e. The third-order valence-electron chi connectivity index (χ3n) is 5.82. The van der Waals surface area contributed by atoms with E-state index < -0.39 is 10.1 Å². The molecule has 3 aromatic rings. The lowest BCUT2D eigenvalue weighted by atomic mass is 10.1. The van der Waals surface area contributed by atoms with Crippen molar-refractivity contribution in [2.75, 3.05) is 6.61 Å². The molecule has 0 atom stereocenters. The first-order chi connectivity index (χ1) is 16.3. The lowest BCUT2D eigenvalue weighted by molar-refractivity contribution is -0.124.